The molecule has 0 aromatic heterocycles. The molecule has 0 saturated carbocycles. The second kappa shape index (κ2) is 6.77. The minimum absolute atomic E-state index is 0.217. The van der Waals surface area contributed by atoms with E-state index in [2.05, 4.69) is 0 Å². The molecule has 0 heterocycles. The Morgan fingerprint density at radius 3 is 2.47 bits per heavy atom. The van der Waals surface area contributed by atoms with Crippen LogP contribution in [0.5, 0.6) is 0 Å². The molecule has 1 rings (SSSR count). The van der Waals surface area contributed by atoms with E-state index in [1.807, 2.05) is 11.9 Å². The maximum absolute atomic E-state index is 11.4. The van der Waals surface area contributed by atoms with Crippen LogP contribution < -0.4 is 10.6 Å². The van der Waals surface area contributed by atoms with E-state index >= 15 is 0 Å². The van der Waals surface area contributed by atoms with Gasteiger partial charge in [-0.25, -0.2) is 8.42 Å². The molecule has 0 amide bonds. The number of nitrogen functional groups attached to an aromatic ring is 1. The number of benzene rings is 1. The summed E-state index contributed by atoms with van der Waals surface area (Å²) in [5.41, 5.74) is 7.20. The van der Waals surface area contributed by atoms with Crippen LogP contribution in [0.4, 0.5) is 11.4 Å². The smallest absolute Gasteiger partial charge is 0.175 e. The van der Waals surface area contributed by atoms with Crippen LogP contribution in [-0.4, -0.2) is 40.0 Å². The summed E-state index contributed by atoms with van der Waals surface area (Å²) in [5, 5.41) is 8.71. The topological polar surface area (TPSA) is 83.6 Å². The van der Waals surface area contributed by atoms with E-state index in [0.717, 1.165) is 31.5 Å². The van der Waals surface area contributed by atoms with E-state index in [1.165, 1.54) is 12.3 Å². The van der Waals surface area contributed by atoms with Gasteiger partial charge < -0.3 is 15.7 Å². The van der Waals surface area contributed by atoms with Gasteiger partial charge in [-0.05, 0) is 37.5 Å². The lowest BCUT2D eigenvalue weighted by Gasteiger charge is -2.21. The maximum Gasteiger partial charge on any atom is 0.175 e. The van der Waals surface area contributed by atoms with Gasteiger partial charge in [0.05, 0.1) is 16.3 Å². The maximum atomic E-state index is 11.4. The average molecular weight is 286 g/mol. The standard InChI is InChI=1S/C13H22N2O3S/c1-15(8-4-3-5-9-16)13-7-6-11(10-12(13)14)19(2,17)18/h6-7,10,16H,3-5,8-9,14H2,1-2H3. The van der Waals surface area contributed by atoms with E-state index in [4.69, 9.17) is 10.8 Å². The zero-order valence-electron chi connectivity index (χ0n) is 11.5. The Kier molecular flexibility index (Phi) is 5.62. The molecule has 0 bridgehead atoms. The van der Waals surface area contributed by atoms with Crippen molar-refractivity contribution in [1.29, 1.82) is 0 Å². The third-order valence-electron chi connectivity index (χ3n) is 2.99. The second-order valence-electron chi connectivity index (χ2n) is 4.70. The lowest BCUT2D eigenvalue weighted by Crippen LogP contribution is -2.20. The van der Waals surface area contributed by atoms with Crippen LogP contribution in [0.2, 0.25) is 0 Å². The van der Waals surface area contributed by atoms with Crippen molar-refractivity contribution in [1.82, 2.24) is 0 Å². The molecule has 0 saturated heterocycles. The predicted molar refractivity (Wildman–Crippen MR) is 78.2 cm³/mol. The molecule has 0 aliphatic carbocycles. The largest absolute Gasteiger partial charge is 0.397 e. The molecule has 3 N–H and O–H groups in total. The van der Waals surface area contributed by atoms with Crippen LogP contribution in [0.1, 0.15) is 19.3 Å². The van der Waals surface area contributed by atoms with Crippen molar-refractivity contribution in [2.75, 3.05) is 37.1 Å². The van der Waals surface area contributed by atoms with Crippen LogP contribution in [0.15, 0.2) is 23.1 Å². The molecule has 1 aromatic rings. The summed E-state index contributed by atoms with van der Waals surface area (Å²) in [6.45, 7) is 1.04. The summed E-state index contributed by atoms with van der Waals surface area (Å²) >= 11 is 0. The van der Waals surface area contributed by atoms with Crippen molar-refractivity contribution in [3.8, 4) is 0 Å². The van der Waals surface area contributed by atoms with Crippen molar-refractivity contribution in [2.45, 2.75) is 24.2 Å². The highest BCUT2D eigenvalue weighted by atomic mass is 32.2. The van der Waals surface area contributed by atoms with Crippen LogP contribution in [0.25, 0.3) is 0 Å². The molecular formula is C13H22N2O3S. The summed E-state index contributed by atoms with van der Waals surface area (Å²) < 4.78 is 22.8. The number of sulfone groups is 1. The van der Waals surface area contributed by atoms with Crippen molar-refractivity contribution in [2.24, 2.45) is 0 Å². The SMILES string of the molecule is CN(CCCCCO)c1ccc(S(C)(=O)=O)cc1N. The number of nitrogens with two attached hydrogens (primary N) is 1. The van der Waals surface area contributed by atoms with E-state index in [0.29, 0.717) is 5.69 Å². The van der Waals surface area contributed by atoms with Crippen LogP contribution in [0.3, 0.4) is 0 Å². The van der Waals surface area contributed by atoms with Crippen molar-refractivity contribution < 1.29 is 13.5 Å². The van der Waals surface area contributed by atoms with E-state index in [9.17, 15) is 8.42 Å². The summed E-state index contributed by atoms with van der Waals surface area (Å²) in [6.07, 6.45) is 3.89. The number of aliphatic hydroxyl groups is 1. The van der Waals surface area contributed by atoms with Gasteiger partial charge in [-0.15, -0.1) is 0 Å². The van der Waals surface area contributed by atoms with Gasteiger partial charge in [0.1, 0.15) is 0 Å². The molecule has 0 atom stereocenters. The number of hydrogen-bond acceptors (Lipinski definition) is 5. The lowest BCUT2D eigenvalue weighted by molar-refractivity contribution is 0.283. The molecule has 0 spiro atoms. The first-order valence-corrected chi connectivity index (χ1v) is 8.17. The van der Waals surface area contributed by atoms with Gasteiger partial charge in [0.15, 0.2) is 9.84 Å². The normalized spacial score (nSPS) is 11.5. The van der Waals surface area contributed by atoms with E-state index in [-0.39, 0.29) is 11.5 Å². The molecule has 0 fully saturated rings. The molecular weight excluding hydrogens is 264 g/mol. The molecule has 108 valence electrons. The highest BCUT2D eigenvalue weighted by molar-refractivity contribution is 7.90. The number of aliphatic hydroxyl groups excluding tert-OH is 1. The first-order chi connectivity index (χ1) is 8.86. The lowest BCUT2D eigenvalue weighted by atomic mass is 10.2. The zero-order chi connectivity index (χ0) is 14.5. The quantitative estimate of drug-likeness (QED) is 0.582. The average Bonchev–Trinajstić information content (AvgIpc) is 2.33. The molecule has 19 heavy (non-hydrogen) atoms. The Morgan fingerprint density at radius 1 is 1.26 bits per heavy atom. The van der Waals surface area contributed by atoms with Gasteiger partial charge in [0, 0.05) is 26.5 Å². The van der Waals surface area contributed by atoms with E-state index in [1.54, 1.807) is 12.1 Å². The minimum Gasteiger partial charge on any atom is -0.397 e. The highest BCUT2D eigenvalue weighted by Gasteiger charge is 2.11. The van der Waals surface area contributed by atoms with Gasteiger partial charge >= 0.3 is 0 Å². The van der Waals surface area contributed by atoms with Crippen molar-refractivity contribution >= 4 is 21.2 Å². The monoisotopic (exact) mass is 286 g/mol. The Labute approximate surface area is 115 Å². The summed E-state index contributed by atoms with van der Waals surface area (Å²) in [7, 11) is -1.30. The number of unbranched alkanes of at least 4 members (excludes halogenated alkanes) is 2. The fourth-order valence-electron chi connectivity index (χ4n) is 1.87. The number of anilines is 2. The Bertz CT molecular complexity index is 515. The first kappa shape index (κ1) is 15.8. The molecule has 0 unspecified atom stereocenters. The first-order valence-electron chi connectivity index (χ1n) is 6.28. The summed E-state index contributed by atoms with van der Waals surface area (Å²) in [6, 6.07) is 4.80. The fraction of sp³-hybridized carbons (Fsp3) is 0.538. The summed E-state index contributed by atoms with van der Waals surface area (Å²) in [5.74, 6) is 0. The minimum atomic E-state index is -3.22. The number of rotatable bonds is 7. The third kappa shape index (κ3) is 4.72. The number of hydrogen-bond donors (Lipinski definition) is 2. The second-order valence-corrected chi connectivity index (χ2v) is 6.71. The zero-order valence-corrected chi connectivity index (χ0v) is 12.3. The van der Waals surface area contributed by atoms with Gasteiger partial charge in [-0.1, -0.05) is 0 Å². The molecule has 1 aromatic carbocycles. The Balaban J connectivity index is 2.74. The molecule has 0 radical (unpaired) electrons. The van der Waals surface area contributed by atoms with E-state index < -0.39 is 9.84 Å². The Hall–Kier alpha value is -1.27. The third-order valence-corrected chi connectivity index (χ3v) is 4.10. The van der Waals surface area contributed by atoms with Crippen LogP contribution in [-0.2, 0) is 9.84 Å². The van der Waals surface area contributed by atoms with Gasteiger partial charge in [-0.3, -0.25) is 0 Å². The fourth-order valence-corrected chi connectivity index (χ4v) is 2.53. The summed E-state index contributed by atoms with van der Waals surface area (Å²) in [4.78, 5) is 2.24. The predicted octanol–water partition coefficient (Wildman–Crippen LogP) is 1.27. The molecule has 6 heteroatoms. The number of nitrogens with zero attached hydrogens (tertiary/aromatic N) is 1. The van der Waals surface area contributed by atoms with Crippen LogP contribution in [0, 0.1) is 0 Å². The van der Waals surface area contributed by atoms with Crippen LogP contribution >= 0.6 is 0 Å². The highest BCUT2D eigenvalue weighted by Crippen LogP contribution is 2.25. The van der Waals surface area contributed by atoms with Crippen molar-refractivity contribution in [3.63, 3.8) is 0 Å². The van der Waals surface area contributed by atoms with Crippen molar-refractivity contribution in [3.05, 3.63) is 18.2 Å². The molecule has 5 nitrogen and oxygen atoms in total. The van der Waals surface area contributed by atoms with Gasteiger partial charge in [0.25, 0.3) is 0 Å². The van der Waals surface area contributed by atoms with Gasteiger partial charge in [0.2, 0.25) is 0 Å². The molecule has 0 aliphatic rings. The van der Waals surface area contributed by atoms with Gasteiger partial charge in [-0.2, -0.15) is 0 Å². The Morgan fingerprint density at radius 2 is 1.95 bits per heavy atom. The molecule has 0 aliphatic heterocycles.